The van der Waals surface area contributed by atoms with Gasteiger partial charge in [-0.25, -0.2) is 0 Å². The number of aliphatic imine (C=N–C) groups is 1. The second-order valence-corrected chi connectivity index (χ2v) is 4.75. The van der Waals surface area contributed by atoms with Gasteiger partial charge in [-0.05, 0) is 61.7 Å². The molecule has 2 aromatic carbocycles. The van der Waals surface area contributed by atoms with Gasteiger partial charge < -0.3 is 10.2 Å². The van der Waals surface area contributed by atoms with Crippen molar-refractivity contribution in [2.75, 3.05) is 0 Å². The maximum absolute atomic E-state index is 9.85. The summed E-state index contributed by atoms with van der Waals surface area (Å²) in [5, 5.41) is 19.6. The minimum absolute atomic E-state index is 0.138. The van der Waals surface area contributed by atoms with E-state index in [2.05, 4.69) is 4.99 Å². The van der Waals surface area contributed by atoms with Crippen molar-refractivity contribution in [2.24, 2.45) is 4.99 Å². The highest BCUT2D eigenvalue weighted by molar-refractivity contribution is 5.86. The Balaban J connectivity index is 2.35. The van der Waals surface area contributed by atoms with Gasteiger partial charge in [-0.1, -0.05) is 6.07 Å². The molecule has 0 radical (unpaired) electrons. The Kier molecular flexibility index (Phi) is 3.56. The highest BCUT2D eigenvalue weighted by Crippen LogP contribution is 2.27. The molecule has 0 aromatic heterocycles. The highest BCUT2D eigenvalue weighted by atomic mass is 16.3. The molecule has 0 bridgehead atoms. The number of hydrogen-bond donors (Lipinski definition) is 2. The molecule has 3 nitrogen and oxygen atoms in total. The number of phenolic OH excluding ortho intramolecular Hbond substituents is 2. The average molecular weight is 255 g/mol. The van der Waals surface area contributed by atoms with Crippen LogP contribution in [0.5, 0.6) is 11.5 Å². The van der Waals surface area contributed by atoms with Crippen molar-refractivity contribution in [3.63, 3.8) is 0 Å². The molecule has 0 aliphatic rings. The lowest BCUT2D eigenvalue weighted by Gasteiger charge is -2.05. The van der Waals surface area contributed by atoms with Crippen LogP contribution in [0.15, 0.2) is 35.3 Å². The molecule has 2 rings (SSSR count). The SMILES string of the molecule is Cc1ccc(N=Cc2cc(C)c(C)cc2O)c(O)c1. The third-order valence-electron chi connectivity index (χ3n) is 3.12. The van der Waals surface area contributed by atoms with Gasteiger partial charge >= 0.3 is 0 Å². The summed E-state index contributed by atoms with van der Waals surface area (Å²) in [5.41, 5.74) is 4.23. The maximum Gasteiger partial charge on any atom is 0.141 e. The van der Waals surface area contributed by atoms with Crippen LogP contribution in [0.1, 0.15) is 22.3 Å². The van der Waals surface area contributed by atoms with Gasteiger partial charge in [0, 0.05) is 11.8 Å². The van der Waals surface area contributed by atoms with E-state index in [1.807, 2.05) is 32.9 Å². The first-order chi connectivity index (χ1) is 8.97. The second-order valence-electron chi connectivity index (χ2n) is 4.75. The van der Waals surface area contributed by atoms with E-state index in [0.29, 0.717) is 11.3 Å². The number of hydrogen-bond acceptors (Lipinski definition) is 3. The lowest BCUT2D eigenvalue weighted by molar-refractivity contribution is 0.473. The van der Waals surface area contributed by atoms with E-state index in [4.69, 9.17) is 0 Å². The molecule has 3 heteroatoms. The fourth-order valence-corrected chi connectivity index (χ4v) is 1.81. The molecule has 0 saturated carbocycles. The molecule has 0 unspecified atom stereocenters. The summed E-state index contributed by atoms with van der Waals surface area (Å²) in [6.07, 6.45) is 1.56. The van der Waals surface area contributed by atoms with E-state index < -0.39 is 0 Å². The quantitative estimate of drug-likeness (QED) is 0.802. The maximum atomic E-state index is 9.85. The Morgan fingerprint density at radius 2 is 1.58 bits per heavy atom. The zero-order valence-electron chi connectivity index (χ0n) is 11.3. The first-order valence-corrected chi connectivity index (χ1v) is 6.11. The summed E-state index contributed by atoms with van der Waals surface area (Å²) in [6, 6.07) is 8.88. The van der Waals surface area contributed by atoms with E-state index in [1.165, 1.54) is 0 Å². The number of benzene rings is 2. The monoisotopic (exact) mass is 255 g/mol. The Bertz CT molecular complexity index is 645. The molecule has 0 spiro atoms. The molecule has 98 valence electrons. The van der Waals surface area contributed by atoms with Crippen LogP contribution >= 0.6 is 0 Å². The number of rotatable bonds is 2. The van der Waals surface area contributed by atoms with E-state index in [1.54, 1.807) is 24.4 Å². The third-order valence-corrected chi connectivity index (χ3v) is 3.12. The van der Waals surface area contributed by atoms with Crippen LogP contribution < -0.4 is 0 Å². The molecule has 0 saturated heterocycles. The minimum Gasteiger partial charge on any atom is -0.507 e. The van der Waals surface area contributed by atoms with Gasteiger partial charge in [-0.3, -0.25) is 4.99 Å². The molecule has 2 aromatic rings. The van der Waals surface area contributed by atoms with Crippen molar-refractivity contribution in [3.05, 3.63) is 52.6 Å². The van der Waals surface area contributed by atoms with Crippen LogP contribution in [-0.4, -0.2) is 16.4 Å². The van der Waals surface area contributed by atoms with Crippen molar-refractivity contribution in [2.45, 2.75) is 20.8 Å². The van der Waals surface area contributed by atoms with Crippen molar-refractivity contribution >= 4 is 11.9 Å². The van der Waals surface area contributed by atoms with E-state index >= 15 is 0 Å². The molecule has 0 aliphatic carbocycles. The molecule has 0 aliphatic heterocycles. The molecular formula is C16H17NO2. The first-order valence-electron chi connectivity index (χ1n) is 6.11. The molecule has 2 N–H and O–H groups in total. The molecule has 0 fully saturated rings. The lowest BCUT2D eigenvalue weighted by atomic mass is 10.1. The van der Waals surface area contributed by atoms with Gasteiger partial charge in [0.1, 0.15) is 17.2 Å². The molecule has 0 amide bonds. The number of phenols is 2. The van der Waals surface area contributed by atoms with Crippen LogP contribution in [0, 0.1) is 20.8 Å². The zero-order valence-corrected chi connectivity index (χ0v) is 11.3. The minimum atomic E-state index is 0.138. The van der Waals surface area contributed by atoms with E-state index in [0.717, 1.165) is 16.7 Å². The predicted octanol–water partition coefficient (Wildman–Crippen LogP) is 3.77. The van der Waals surface area contributed by atoms with Crippen LogP contribution in [0.25, 0.3) is 0 Å². The summed E-state index contributed by atoms with van der Waals surface area (Å²) >= 11 is 0. The number of nitrogens with zero attached hydrogens (tertiary/aromatic N) is 1. The summed E-state index contributed by atoms with van der Waals surface area (Å²) in [4.78, 5) is 4.21. The summed E-state index contributed by atoms with van der Waals surface area (Å²) in [7, 11) is 0. The van der Waals surface area contributed by atoms with E-state index in [9.17, 15) is 10.2 Å². The van der Waals surface area contributed by atoms with E-state index in [-0.39, 0.29) is 11.5 Å². The Morgan fingerprint density at radius 1 is 0.895 bits per heavy atom. The van der Waals surface area contributed by atoms with Crippen molar-refractivity contribution in [3.8, 4) is 11.5 Å². The van der Waals surface area contributed by atoms with Gasteiger partial charge in [-0.2, -0.15) is 0 Å². The molecule has 0 atom stereocenters. The normalized spacial score (nSPS) is 11.1. The number of aromatic hydroxyl groups is 2. The molecule has 0 heterocycles. The zero-order chi connectivity index (χ0) is 14.0. The van der Waals surface area contributed by atoms with Gasteiger partial charge in [0.15, 0.2) is 0 Å². The topological polar surface area (TPSA) is 52.8 Å². The van der Waals surface area contributed by atoms with Crippen LogP contribution in [0.2, 0.25) is 0 Å². The standard InChI is InChI=1S/C16H17NO2/c1-10-4-5-14(16(19)6-10)17-9-13-7-11(2)12(3)8-15(13)18/h4-9,18-19H,1-3H3. The van der Waals surface area contributed by atoms with Crippen molar-refractivity contribution in [1.29, 1.82) is 0 Å². The average Bonchev–Trinajstić information content (AvgIpc) is 2.34. The van der Waals surface area contributed by atoms with Gasteiger partial charge in [-0.15, -0.1) is 0 Å². The van der Waals surface area contributed by atoms with Gasteiger partial charge in [0.05, 0.1) is 0 Å². The molecule has 19 heavy (non-hydrogen) atoms. The van der Waals surface area contributed by atoms with Gasteiger partial charge in [0.25, 0.3) is 0 Å². The van der Waals surface area contributed by atoms with Crippen LogP contribution in [-0.2, 0) is 0 Å². The second kappa shape index (κ2) is 5.14. The fraction of sp³-hybridized carbons (Fsp3) is 0.188. The van der Waals surface area contributed by atoms with Crippen molar-refractivity contribution < 1.29 is 10.2 Å². The summed E-state index contributed by atoms with van der Waals surface area (Å²) in [6.45, 7) is 5.83. The lowest BCUT2D eigenvalue weighted by Crippen LogP contribution is -1.88. The van der Waals surface area contributed by atoms with Gasteiger partial charge in [0.2, 0.25) is 0 Å². The van der Waals surface area contributed by atoms with Crippen molar-refractivity contribution in [1.82, 2.24) is 0 Å². The summed E-state index contributed by atoms with van der Waals surface area (Å²) in [5.74, 6) is 0.332. The third kappa shape index (κ3) is 2.94. The Hall–Kier alpha value is -2.29. The predicted molar refractivity (Wildman–Crippen MR) is 77.7 cm³/mol. The van der Waals surface area contributed by atoms with Crippen LogP contribution in [0.4, 0.5) is 5.69 Å². The highest BCUT2D eigenvalue weighted by Gasteiger charge is 2.03. The largest absolute Gasteiger partial charge is 0.507 e. The fourth-order valence-electron chi connectivity index (χ4n) is 1.81. The number of aryl methyl sites for hydroxylation is 3. The Labute approximate surface area is 112 Å². The first kappa shape index (κ1) is 13.1. The van der Waals surface area contributed by atoms with Crippen LogP contribution in [0.3, 0.4) is 0 Å². The molecular weight excluding hydrogens is 238 g/mol. The smallest absolute Gasteiger partial charge is 0.141 e. The Morgan fingerprint density at radius 3 is 2.26 bits per heavy atom. The summed E-state index contributed by atoms with van der Waals surface area (Å²) < 4.78 is 0.